The van der Waals surface area contributed by atoms with Gasteiger partial charge in [0, 0.05) is 40.2 Å². The van der Waals surface area contributed by atoms with Gasteiger partial charge in [0.05, 0.1) is 17.3 Å². The molecule has 0 saturated carbocycles. The van der Waals surface area contributed by atoms with Crippen molar-refractivity contribution < 1.29 is 0 Å². The molecule has 0 bridgehead atoms. The van der Waals surface area contributed by atoms with Crippen LogP contribution in [0.1, 0.15) is 5.56 Å². The molecule has 1 N–H and O–H groups in total. The van der Waals surface area contributed by atoms with Crippen molar-refractivity contribution >= 4 is 11.6 Å². The molecule has 0 fully saturated rings. The summed E-state index contributed by atoms with van der Waals surface area (Å²) in [6.45, 7) is 0. The van der Waals surface area contributed by atoms with Gasteiger partial charge in [0.15, 0.2) is 0 Å². The molecule has 0 aliphatic rings. The van der Waals surface area contributed by atoms with Gasteiger partial charge in [-0.1, -0.05) is 41.9 Å². The zero-order chi connectivity index (χ0) is 20.4. The Morgan fingerprint density at radius 2 is 1.72 bits per heavy atom. The summed E-state index contributed by atoms with van der Waals surface area (Å²) in [5.74, 6) is 0. The molecule has 0 amide bonds. The highest BCUT2D eigenvalue weighted by Crippen LogP contribution is 2.28. The number of rotatable bonds is 3. The first-order valence-corrected chi connectivity index (χ1v) is 9.16. The molecule has 2 aromatic heterocycles. The van der Waals surface area contributed by atoms with Gasteiger partial charge in [0.25, 0.3) is 5.56 Å². The largest absolute Gasteiger partial charge is 0.329 e. The molecule has 2 heterocycles. The molecular weight excluding hydrogens is 386 g/mol. The van der Waals surface area contributed by atoms with E-state index >= 15 is 0 Å². The third kappa shape index (κ3) is 3.62. The van der Waals surface area contributed by atoms with Crippen LogP contribution in [0.25, 0.3) is 27.9 Å². The number of halogens is 1. The van der Waals surface area contributed by atoms with Crippen molar-refractivity contribution in [3.63, 3.8) is 0 Å². The monoisotopic (exact) mass is 399 g/mol. The summed E-state index contributed by atoms with van der Waals surface area (Å²) < 4.78 is 1.41. The van der Waals surface area contributed by atoms with Gasteiger partial charge in [0.2, 0.25) is 5.56 Å². The number of benzene rings is 2. The van der Waals surface area contributed by atoms with Crippen molar-refractivity contribution in [3.8, 4) is 34.0 Å². The molecule has 0 unspecified atom stereocenters. The summed E-state index contributed by atoms with van der Waals surface area (Å²) in [6, 6.07) is 21.1. The number of aromatic amines is 1. The number of hydrogen-bond donors (Lipinski definition) is 1. The van der Waals surface area contributed by atoms with Crippen molar-refractivity contribution in [2.75, 3.05) is 0 Å². The lowest BCUT2D eigenvalue weighted by molar-refractivity contribution is 0.983. The average Bonchev–Trinajstić information content (AvgIpc) is 2.74. The molecule has 140 valence electrons. The predicted molar refractivity (Wildman–Crippen MR) is 113 cm³/mol. The SMILES string of the molecule is N#Cc1ccccc1-c1cc(-c2cccc(Cl)c2)c(=O)n(-c2cc[nH]c(=O)c2)c1. The van der Waals surface area contributed by atoms with Crippen LogP contribution in [-0.2, 0) is 0 Å². The summed E-state index contributed by atoms with van der Waals surface area (Å²) in [7, 11) is 0. The third-order valence-corrected chi connectivity index (χ3v) is 4.78. The van der Waals surface area contributed by atoms with Crippen molar-refractivity contribution in [3.05, 3.63) is 110 Å². The Bertz CT molecular complexity index is 1380. The van der Waals surface area contributed by atoms with E-state index in [-0.39, 0.29) is 11.1 Å². The lowest BCUT2D eigenvalue weighted by atomic mass is 9.98. The highest BCUT2D eigenvalue weighted by atomic mass is 35.5. The molecule has 0 radical (unpaired) electrons. The number of pyridine rings is 2. The first-order valence-electron chi connectivity index (χ1n) is 8.78. The van der Waals surface area contributed by atoms with E-state index in [1.807, 2.05) is 12.1 Å². The second kappa shape index (κ2) is 7.63. The highest BCUT2D eigenvalue weighted by Gasteiger charge is 2.14. The fourth-order valence-electron chi connectivity index (χ4n) is 3.20. The van der Waals surface area contributed by atoms with Gasteiger partial charge in [-0.3, -0.25) is 14.2 Å². The van der Waals surface area contributed by atoms with Crippen LogP contribution < -0.4 is 11.1 Å². The van der Waals surface area contributed by atoms with Crippen molar-refractivity contribution in [1.82, 2.24) is 9.55 Å². The Kier molecular flexibility index (Phi) is 4.86. The van der Waals surface area contributed by atoms with E-state index in [2.05, 4.69) is 11.1 Å². The fraction of sp³-hybridized carbons (Fsp3) is 0. The molecule has 0 spiro atoms. The summed E-state index contributed by atoms with van der Waals surface area (Å²) in [6.07, 6.45) is 3.13. The van der Waals surface area contributed by atoms with E-state index in [1.54, 1.807) is 54.7 Å². The molecule has 0 atom stereocenters. The van der Waals surface area contributed by atoms with E-state index in [0.29, 0.717) is 38.5 Å². The number of H-pyrrole nitrogens is 1. The Labute approximate surface area is 171 Å². The fourth-order valence-corrected chi connectivity index (χ4v) is 3.39. The molecule has 0 aliphatic heterocycles. The van der Waals surface area contributed by atoms with Gasteiger partial charge in [-0.15, -0.1) is 0 Å². The molecule has 6 heteroatoms. The molecular formula is C23H14ClN3O2. The maximum atomic E-state index is 13.3. The quantitative estimate of drug-likeness (QED) is 0.555. The van der Waals surface area contributed by atoms with Crippen LogP contribution in [0.5, 0.6) is 0 Å². The van der Waals surface area contributed by atoms with E-state index < -0.39 is 0 Å². The second-order valence-corrected chi connectivity index (χ2v) is 6.83. The van der Waals surface area contributed by atoms with E-state index in [9.17, 15) is 14.9 Å². The van der Waals surface area contributed by atoms with Gasteiger partial charge in [-0.25, -0.2) is 0 Å². The van der Waals surface area contributed by atoms with Gasteiger partial charge < -0.3 is 4.98 Å². The number of hydrogen-bond acceptors (Lipinski definition) is 3. The van der Waals surface area contributed by atoms with Crippen LogP contribution in [0.15, 0.2) is 88.7 Å². The van der Waals surface area contributed by atoms with Crippen LogP contribution in [0.2, 0.25) is 5.02 Å². The van der Waals surface area contributed by atoms with E-state index in [1.165, 1.54) is 16.8 Å². The van der Waals surface area contributed by atoms with E-state index in [4.69, 9.17) is 11.6 Å². The molecule has 4 aromatic rings. The van der Waals surface area contributed by atoms with Crippen LogP contribution in [0, 0.1) is 11.3 Å². The maximum Gasteiger partial charge on any atom is 0.262 e. The lowest BCUT2D eigenvalue weighted by Gasteiger charge is -2.13. The molecule has 4 rings (SSSR count). The van der Waals surface area contributed by atoms with Gasteiger partial charge in [0.1, 0.15) is 0 Å². The van der Waals surface area contributed by atoms with E-state index in [0.717, 1.165) is 0 Å². The second-order valence-electron chi connectivity index (χ2n) is 6.40. The third-order valence-electron chi connectivity index (χ3n) is 4.55. The highest BCUT2D eigenvalue weighted by molar-refractivity contribution is 6.30. The van der Waals surface area contributed by atoms with Crippen molar-refractivity contribution in [2.24, 2.45) is 0 Å². The van der Waals surface area contributed by atoms with Crippen LogP contribution >= 0.6 is 11.6 Å². The predicted octanol–water partition coefficient (Wildman–Crippen LogP) is 4.38. The number of nitrogens with zero attached hydrogens (tertiary/aromatic N) is 2. The minimum Gasteiger partial charge on any atom is -0.329 e. The standard InChI is InChI=1S/C23H14ClN3O2/c24-18-6-3-5-15(10-18)21-11-17(20-7-2-1-4-16(20)13-25)14-27(23(21)29)19-8-9-26-22(28)12-19/h1-12,14H,(H,26,28). The Morgan fingerprint density at radius 3 is 2.48 bits per heavy atom. The first kappa shape index (κ1) is 18.5. The minimum absolute atomic E-state index is 0.295. The Hall–Kier alpha value is -3.88. The Morgan fingerprint density at radius 1 is 0.897 bits per heavy atom. The first-order chi connectivity index (χ1) is 14.1. The molecule has 0 saturated heterocycles. The van der Waals surface area contributed by atoms with Crippen molar-refractivity contribution in [2.45, 2.75) is 0 Å². The number of nitriles is 1. The normalized spacial score (nSPS) is 10.5. The molecule has 5 nitrogen and oxygen atoms in total. The lowest BCUT2D eigenvalue weighted by Crippen LogP contribution is -2.21. The number of nitrogens with one attached hydrogen (secondary N) is 1. The zero-order valence-electron chi connectivity index (χ0n) is 15.1. The summed E-state index contributed by atoms with van der Waals surface area (Å²) in [5.41, 5.74) is 2.74. The zero-order valence-corrected chi connectivity index (χ0v) is 15.9. The maximum absolute atomic E-state index is 13.3. The average molecular weight is 400 g/mol. The number of aromatic nitrogens is 2. The summed E-state index contributed by atoms with van der Waals surface area (Å²) >= 11 is 6.13. The van der Waals surface area contributed by atoms with Gasteiger partial charge >= 0.3 is 0 Å². The van der Waals surface area contributed by atoms with Crippen LogP contribution in [0.4, 0.5) is 0 Å². The smallest absolute Gasteiger partial charge is 0.262 e. The summed E-state index contributed by atoms with van der Waals surface area (Å²) in [5, 5.41) is 10.0. The molecule has 29 heavy (non-hydrogen) atoms. The van der Waals surface area contributed by atoms with Crippen LogP contribution in [-0.4, -0.2) is 9.55 Å². The topological polar surface area (TPSA) is 78.7 Å². The van der Waals surface area contributed by atoms with Crippen molar-refractivity contribution in [1.29, 1.82) is 5.26 Å². The molecule has 2 aromatic carbocycles. The molecule has 0 aliphatic carbocycles. The van der Waals surface area contributed by atoms with Crippen LogP contribution in [0.3, 0.4) is 0 Å². The minimum atomic E-state index is -0.318. The van der Waals surface area contributed by atoms with Gasteiger partial charge in [-0.05, 0) is 35.9 Å². The Balaban J connectivity index is 2.06. The van der Waals surface area contributed by atoms with Gasteiger partial charge in [-0.2, -0.15) is 5.26 Å². The summed E-state index contributed by atoms with van der Waals surface area (Å²) in [4.78, 5) is 27.6.